The molecule has 0 aromatic heterocycles. The van der Waals surface area contributed by atoms with E-state index in [0.29, 0.717) is 35.8 Å². The summed E-state index contributed by atoms with van der Waals surface area (Å²) in [4.78, 5) is 12.1. The largest absolute Gasteiger partial charge is 0.497 e. The monoisotopic (exact) mass is 315 g/mol. The van der Waals surface area contributed by atoms with Crippen molar-refractivity contribution >= 4 is 5.91 Å². The number of benzene rings is 2. The summed E-state index contributed by atoms with van der Waals surface area (Å²) >= 11 is 0. The van der Waals surface area contributed by atoms with Gasteiger partial charge in [-0.15, -0.1) is 0 Å². The number of hydrogen-bond acceptors (Lipinski definition) is 4. The van der Waals surface area contributed by atoms with Crippen molar-refractivity contribution in [3.63, 3.8) is 0 Å². The maximum absolute atomic E-state index is 12.1. The van der Waals surface area contributed by atoms with Crippen LogP contribution < -0.4 is 19.5 Å². The Kier molecular flexibility index (Phi) is 5.86. The lowest BCUT2D eigenvalue weighted by Gasteiger charge is -2.10. The van der Waals surface area contributed by atoms with Crippen molar-refractivity contribution < 1.29 is 19.0 Å². The van der Waals surface area contributed by atoms with Crippen LogP contribution in [0.3, 0.4) is 0 Å². The van der Waals surface area contributed by atoms with Crippen molar-refractivity contribution in [1.29, 1.82) is 0 Å². The van der Waals surface area contributed by atoms with E-state index in [1.165, 1.54) is 0 Å². The van der Waals surface area contributed by atoms with Gasteiger partial charge in [0.15, 0.2) is 11.5 Å². The van der Waals surface area contributed by atoms with Crippen LogP contribution >= 0.6 is 0 Å². The first-order valence-corrected chi connectivity index (χ1v) is 7.31. The fraction of sp³-hybridized carbons (Fsp3) is 0.278. The second-order valence-electron chi connectivity index (χ2n) is 4.93. The molecule has 0 radical (unpaired) electrons. The van der Waals surface area contributed by atoms with E-state index in [-0.39, 0.29) is 5.91 Å². The van der Waals surface area contributed by atoms with Gasteiger partial charge in [0.2, 0.25) is 0 Å². The third-order valence-corrected chi connectivity index (χ3v) is 3.48. The minimum absolute atomic E-state index is 0.121. The van der Waals surface area contributed by atoms with Crippen molar-refractivity contribution in [3.8, 4) is 17.2 Å². The zero-order chi connectivity index (χ0) is 16.7. The molecular weight excluding hydrogens is 294 g/mol. The average Bonchev–Trinajstić information content (AvgIpc) is 2.61. The topological polar surface area (TPSA) is 56.8 Å². The summed E-state index contributed by atoms with van der Waals surface area (Å²) in [5.41, 5.74) is 1.64. The molecule has 5 nitrogen and oxygen atoms in total. The van der Waals surface area contributed by atoms with Crippen LogP contribution in [0.25, 0.3) is 0 Å². The van der Waals surface area contributed by atoms with Gasteiger partial charge in [-0.2, -0.15) is 0 Å². The molecule has 122 valence electrons. The molecule has 2 aromatic carbocycles. The van der Waals surface area contributed by atoms with Gasteiger partial charge >= 0.3 is 0 Å². The van der Waals surface area contributed by atoms with E-state index < -0.39 is 0 Å². The molecule has 0 aliphatic heterocycles. The van der Waals surface area contributed by atoms with Crippen molar-refractivity contribution in [2.45, 2.75) is 6.42 Å². The molecule has 0 bridgehead atoms. The quantitative estimate of drug-likeness (QED) is 0.853. The summed E-state index contributed by atoms with van der Waals surface area (Å²) in [6.07, 6.45) is 0.704. The molecule has 0 heterocycles. The molecule has 0 spiro atoms. The van der Waals surface area contributed by atoms with Gasteiger partial charge in [0.1, 0.15) is 5.75 Å². The Morgan fingerprint density at radius 2 is 1.74 bits per heavy atom. The first kappa shape index (κ1) is 16.7. The highest BCUT2D eigenvalue weighted by Crippen LogP contribution is 2.27. The average molecular weight is 315 g/mol. The summed E-state index contributed by atoms with van der Waals surface area (Å²) in [5.74, 6) is 1.92. The van der Waals surface area contributed by atoms with E-state index >= 15 is 0 Å². The van der Waals surface area contributed by atoms with Crippen LogP contribution in [0.15, 0.2) is 42.5 Å². The maximum atomic E-state index is 12.1. The molecule has 0 fully saturated rings. The Labute approximate surface area is 136 Å². The number of ether oxygens (including phenoxy) is 3. The SMILES string of the molecule is COc1cccc(C(=O)NCCc2ccc(OC)c(OC)c2)c1. The number of methoxy groups -OCH3 is 3. The molecular formula is C18H21NO4. The van der Waals surface area contributed by atoms with E-state index in [4.69, 9.17) is 14.2 Å². The molecule has 0 aliphatic rings. The normalized spacial score (nSPS) is 10.0. The van der Waals surface area contributed by atoms with Crippen LogP contribution in [0.4, 0.5) is 0 Å². The van der Waals surface area contributed by atoms with Crippen LogP contribution in [-0.2, 0) is 6.42 Å². The van der Waals surface area contributed by atoms with Crippen molar-refractivity contribution in [3.05, 3.63) is 53.6 Å². The second-order valence-corrected chi connectivity index (χ2v) is 4.93. The highest BCUT2D eigenvalue weighted by Gasteiger charge is 2.07. The first-order valence-electron chi connectivity index (χ1n) is 7.31. The van der Waals surface area contributed by atoms with Gasteiger partial charge in [-0.05, 0) is 42.3 Å². The van der Waals surface area contributed by atoms with Gasteiger partial charge in [-0.1, -0.05) is 12.1 Å². The smallest absolute Gasteiger partial charge is 0.251 e. The zero-order valence-electron chi connectivity index (χ0n) is 13.6. The molecule has 0 saturated carbocycles. The summed E-state index contributed by atoms with van der Waals surface area (Å²) < 4.78 is 15.6. The first-order chi connectivity index (χ1) is 11.2. The van der Waals surface area contributed by atoms with E-state index in [1.807, 2.05) is 18.2 Å². The fourth-order valence-electron chi connectivity index (χ4n) is 2.22. The van der Waals surface area contributed by atoms with E-state index in [2.05, 4.69) is 5.32 Å². The van der Waals surface area contributed by atoms with Crippen LogP contribution in [0, 0.1) is 0 Å². The standard InChI is InChI=1S/C18H21NO4/c1-21-15-6-4-5-14(12-15)18(20)19-10-9-13-7-8-16(22-2)17(11-13)23-3/h4-8,11-12H,9-10H2,1-3H3,(H,19,20). The number of carbonyl (C=O) groups is 1. The predicted octanol–water partition coefficient (Wildman–Crippen LogP) is 2.68. The molecule has 5 heteroatoms. The molecule has 0 atom stereocenters. The van der Waals surface area contributed by atoms with Gasteiger partial charge in [-0.25, -0.2) is 0 Å². The highest BCUT2D eigenvalue weighted by molar-refractivity contribution is 5.94. The maximum Gasteiger partial charge on any atom is 0.251 e. The Morgan fingerprint density at radius 1 is 0.957 bits per heavy atom. The number of nitrogens with one attached hydrogen (secondary N) is 1. The van der Waals surface area contributed by atoms with Crippen LogP contribution in [-0.4, -0.2) is 33.8 Å². The van der Waals surface area contributed by atoms with E-state index in [9.17, 15) is 4.79 Å². The number of hydrogen-bond donors (Lipinski definition) is 1. The van der Waals surface area contributed by atoms with Crippen LogP contribution in [0.2, 0.25) is 0 Å². The molecule has 2 aromatic rings. The molecule has 0 unspecified atom stereocenters. The Hall–Kier alpha value is -2.69. The van der Waals surface area contributed by atoms with Gasteiger partial charge in [0, 0.05) is 12.1 Å². The number of carbonyl (C=O) groups excluding carboxylic acids is 1. The molecule has 1 N–H and O–H groups in total. The Balaban J connectivity index is 1.92. The minimum Gasteiger partial charge on any atom is -0.497 e. The Bertz CT molecular complexity index is 670. The molecule has 0 saturated heterocycles. The van der Waals surface area contributed by atoms with E-state index in [1.54, 1.807) is 45.6 Å². The number of rotatable bonds is 7. The molecule has 2 rings (SSSR count). The van der Waals surface area contributed by atoms with Crippen molar-refractivity contribution in [1.82, 2.24) is 5.32 Å². The van der Waals surface area contributed by atoms with E-state index in [0.717, 1.165) is 5.56 Å². The lowest BCUT2D eigenvalue weighted by molar-refractivity contribution is 0.0954. The summed E-state index contributed by atoms with van der Waals surface area (Å²) in [6.45, 7) is 0.533. The molecule has 23 heavy (non-hydrogen) atoms. The van der Waals surface area contributed by atoms with Crippen molar-refractivity contribution in [2.24, 2.45) is 0 Å². The summed E-state index contributed by atoms with van der Waals surface area (Å²) in [6, 6.07) is 12.8. The lowest BCUT2D eigenvalue weighted by Crippen LogP contribution is -2.25. The summed E-state index contributed by atoms with van der Waals surface area (Å²) in [5, 5.41) is 2.90. The second kappa shape index (κ2) is 8.08. The van der Waals surface area contributed by atoms with Crippen LogP contribution in [0.1, 0.15) is 15.9 Å². The van der Waals surface area contributed by atoms with Gasteiger partial charge in [0.05, 0.1) is 21.3 Å². The summed E-state index contributed by atoms with van der Waals surface area (Å²) in [7, 11) is 4.78. The highest BCUT2D eigenvalue weighted by atomic mass is 16.5. The zero-order valence-corrected chi connectivity index (χ0v) is 13.6. The van der Waals surface area contributed by atoms with Gasteiger partial charge in [-0.3, -0.25) is 4.79 Å². The number of amides is 1. The third-order valence-electron chi connectivity index (χ3n) is 3.48. The van der Waals surface area contributed by atoms with Gasteiger partial charge < -0.3 is 19.5 Å². The lowest BCUT2D eigenvalue weighted by atomic mass is 10.1. The minimum atomic E-state index is -0.121. The van der Waals surface area contributed by atoms with Crippen molar-refractivity contribution in [2.75, 3.05) is 27.9 Å². The predicted molar refractivity (Wildman–Crippen MR) is 88.6 cm³/mol. The Morgan fingerprint density at radius 3 is 2.43 bits per heavy atom. The third kappa shape index (κ3) is 4.39. The van der Waals surface area contributed by atoms with Crippen LogP contribution in [0.5, 0.6) is 17.2 Å². The molecule has 1 amide bonds. The molecule has 0 aliphatic carbocycles. The van der Waals surface area contributed by atoms with Gasteiger partial charge in [0.25, 0.3) is 5.91 Å². The fourth-order valence-corrected chi connectivity index (χ4v) is 2.22.